The van der Waals surface area contributed by atoms with Crippen molar-refractivity contribution in [3.8, 4) is 11.3 Å². The molecule has 2 N–H and O–H groups in total. The molecule has 0 aliphatic heterocycles. The first-order valence-corrected chi connectivity index (χ1v) is 8.24. The fraction of sp³-hybridized carbons (Fsp3) is 0.154. The SMILES string of the molecule is Cn1nc2nc(S(C)(=O)=O)nc(-c3cccc(F)c3F)c2c1N. The number of rotatable bonds is 2. The zero-order chi connectivity index (χ0) is 16.9. The number of nitrogen functional groups attached to an aromatic ring is 1. The molecule has 0 aliphatic rings. The lowest BCUT2D eigenvalue weighted by Gasteiger charge is -2.07. The molecular formula is C13H11F2N5O2S. The van der Waals surface area contributed by atoms with E-state index < -0.39 is 26.6 Å². The summed E-state index contributed by atoms with van der Waals surface area (Å²) in [5.74, 6) is -2.13. The van der Waals surface area contributed by atoms with Gasteiger partial charge in [-0.25, -0.2) is 22.2 Å². The van der Waals surface area contributed by atoms with Crippen molar-refractivity contribution >= 4 is 26.7 Å². The highest BCUT2D eigenvalue weighted by molar-refractivity contribution is 7.90. The molecule has 120 valence electrons. The van der Waals surface area contributed by atoms with Crippen LogP contribution in [-0.2, 0) is 16.9 Å². The Morgan fingerprint density at radius 2 is 1.91 bits per heavy atom. The average Bonchev–Trinajstić information content (AvgIpc) is 2.75. The van der Waals surface area contributed by atoms with Gasteiger partial charge in [0.15, 0.2) is 17.3 Å². The molecule has 10 heteroatoms. The monoisotopic (exact) mass is 339 g/mol. The summed E-state index contributed by atoms with van der Waals surface area (Å²) in [7, 11) is -2.26. The number of aryl methyl sites for hydroxylation is 1. The van der Waals surface area contributed by atoms with E-state index in [0.29, 0.717) is 0 Å². The Hall–Kier alpha value is -2.62. The second-order valence-corrected chi connectivity index (χ2v) is 6.85. The number of nitrogens with two attached hydrogens (primary N) is 1. The van der Waals surface area contributed by atoms with Gasteiger partial charge in [-0.05, 0) is 12.1 Å². The van der Waals surface area contributed by atoms with Crippen LogP contribution < -0.4 is 5.73 Å². The molecule has 0 bridgehead atoms. The van der Waals surface area contributed by atoms with Crippen LogP contribution in [0.15, 0.2) is 23.4 Å². The maximum Gasteiger partial charge on any atom is 0.249 e. The summed E-state index contributed by atoms with van der Waals surface area (Å²) < 4.78 is 52.4. The maximum absolute atomic E-state index is 14.1. The van der Waals surface area contributed by atoms with E-state index in [9.17, 15) is 17.2 Å². The molecule has 23 heavy (non-hydrogen) atoms. The highest BCUT2D eigenvalue weighted by Gasteiger charge is 2.23. The van der Waals surface area contributed by atoms with E-state index in [1.807, 2.05) is 0 Å². The molecule has 0 atom stereocenters. The van der Waals surface area contributed by atoms with Crippen LogP contribution in [0.1, 0.15) is 0 Å². The molecule has 0 fully saturated rings. The number of sulfone groups is 1. The van der Waals surface area contributed by atoms with Gasteiger partial charge >= 0.3 is 0 Å². The third-order valence-corrected chi connectivity index (χ3v) is 4.10. The Balaban J connectivity index is 2.49. The second-order valence-electron chi connectivity index (χ2n) is 4.94. The number of aromatic nitrogens is 4. The summed E-state index contributed by atoms with van der Waals surface area (Å²) >= 11 is 0. The summed E-state index contributed by atoms with van der Waals surface area (Å²) in [6.07, 6.45) is 0.909. The van der Waals surface area contributed by atoms with Crippen molar-refractivity contribution in [1.29, 1.82) is 0 Å². The second kappa shape index (κ2) is 4.95. The number of anilines is 1. The molecule has 0 saturated heterocycles. The molecular weight excluding hydrogens is 328 g/mol. The molecule has 0 radical (unpaired) electrons. The van der Waals surface area contributed by atoms with E-state index in [1.54, 1.807) is 0 Å². The van der Waals surface area contributed by atoms with Crippen molar-refractivity contribution in [2.45, 2.75) is 5.16 Å². The summed E-state index contributed by atoms with van der Waals surface area (Å²) in [4.78, 5) is 7.72. The number of hydrogen-bond acceptors (Lipinski definition) is 6. The number of halogens is 2. The van der Waals surface area contributed by atoms with Crippen LogP contribution in [0.3, 0.4) is 0 Å². The number of benzene rings is 1. The van der Waals surface area contributed by atoms with Gasteiger partial charge < -0.3 is 5.73 Å². The zero-order valence-corrected chi connectivity index (χ0v) is 12.9. The first-order chi connectivity index (χ1) is 10.7. The topological polar surface area (TPSA) is 104 Å². The van der Waals surface area contributed by atoms with Crippen LogP contribution in [0.4, 0.5) is 14.6 Å². The van der Waals surface area contributed by atoms with Gasteiger partial charge in [-0.15, -0.1) is 0 Å². The third kappa shape index (κ3) is 2.40. The van der Waals surface area contributed by atoms with E-state index in [4.69, 9.17) is 5.73 Å². The summed E-state index contributed by atoms with van der Waals surface area (Å²) in [5, 5.41) is 3.60. The normalized spacial score (nSPS) is 12.0. The van der Waals surface area contributed by atoms with Crippen molar-refractivity contribution in [2.24, 2.45) is 7.05 Å². The minimum absolute atomic E-state index is 0.0147. The fourth-order valence-corrected chi connectivity index (χ4v) is 2.65. The quantitative estimate of drug-likeness (QED) is 0.706. The smallest absolute Gasteiger partial charge is 0.249 e. The molecule has 0 amide bonds. The highest BCUT2D eigenvalue weighted by Crippen LogP contribution is 2.32. The standard InChI is InChI=1S/C13H11F2N5O2S/c1-20-11(16)8-10(6-4-3-5-7(14)9(6)15)17-13(23(2,21)22)18-12(8)19-20/h3-5H,16H2,1-2H3. The summed E-state index contributed by atoms with van der Waals surface area (Å²) in [5.41, 5.74) is 5.52. The fourth-order valence-electron chi connectivity index (χ4n) is 2.14. The number of fused-ring (bicyclic) bond motifs is 1. The van der Waals surface area contributed by atoms with Gasteiger partial charge in [-0.1, -0.05) is 6.07 Å². The molecule has 0 aliphatic carbocycles. The van der Waals surface area contributed by atoms with Crippen LogP contribution in [-0.4, -0.2) is 34.4 Å². The van der Waals surface area contributed by atoms with E-state index in [1.165, 1.54) is 23.9 Å². The van der Waals surface area contributed by atoms with Crippen molar-refractivity contribution in [3.05, 3.63) is 29.8 Å². The van der Waals surface area contributed by atoms with Crippen LogP contribution in [0.5, 0.6) is 0 Å². The maximum atomic E-state index is 14.1. The predicted molar refractivity (Wildman–Crippen MR) is 79.2 cm³/mol. The largest absolute Gasteiger partial charge is 0.383 e. The Labute approximate surface area is 129 Å². The summed E-state index contributed by atoms with van der Waals surface area (Å²) in [6.45, 7) is 0. The Kier molecular flexibility index (Phi) is 3.29. The first kappa shape index (κ1) is 15.3. The van der Waals surface area contributed by atoms with Crippen molar-refractivity contribution < 1.29 is 17.2 Å². The molecule has 2 heterocycles. The van der Waals surface area contributed by atoms with Gasteiger partial charge in [-0.2, -0.15) is 10.1 Å². The average molecular weight is 339 g/mol. The molecule has 0 saturated carbocycles. The molecule has 1 aromatic carbocycles. The Bertz CT molecular complexity index is 1050. The van der Waals surface area contributed by atoms with Gasteiger partial charge in [0.2, 0.25) is 15.0 Å². The van der Waals surface area contributed by atoms with Crippen molar-refractivity contribution in [1.82, 2.24) is 19.7 Å². The zero-order valence-electron chi connectivity index (χ0n) is 12.1. The van der Waals surface area contributed by atoms with Crippen LogP contribution in [0, 0.1) is 11.6 Å². The van der Waals surface area contributed by atoms with Crippen LogP contribution in [0.25, 0.3) is 22.3 Å². The minimum atomic E-state index is -3.78. The van der Waals surface area contributed by atoms with E-state index in [2.05, 4.69) is 15.1 Å². The Morgan fingerprint density at radius 3 is 2.57 bits per heavy atom. The third-order valence-electron chi connectivity index (χ3n) is 3.26. The van der Waals surface area contributed by atoms with Crippen molar-refractivity contribution in [2.75, 3.05) is 12.0 Å². The lowest BCUT2D eigenvalue weighted by Crippen LogP contribution is -2.06. The van der Waals surface area contributed by atoms with Gasteiger partial charge in [0, 0.05) is 18.9 Å². The van der Waals surface area contributed by atoms with Crippen LogP contribution >= 0.6 is 0 Å². The first-order valence-electron chi connectivity index (χ1n) is 6.35. The van der Waals surface area contributed by atoms with Gasteiger partial charge in [0.25, 0.3) is 0 Å². The molecule has 0 unspecified atom stereocenters. The minimum Gasteiger partial charge on any atom is -0.383 e. The highest BCUT2D eigenvalue weighted by atomic mass is 32.2. The Morgan fingerprint density at radius 1 is 1.22 bits per heavy atom. The van der Waals surface area contributed by atoms with Gasteiger partial charge in [0.05, 0.1) is 11.1 Å². The molecule has 0 spiro atoms. The summed E-state index contributed by atoms with van der Waals surface area (Å²) in [6, 6.07) is 3.51. The lowest BCUT2D eigenvalue weighted by atomic mass is 10.1. The van der Waals surface area contributed by atoms with E-state index in [-0.39, 0.29) is 28.1 Å². The molecule has 3 rings (SSSR count). The van der Waals surface area contributed by atoms with Gasteiger partial charge in [0.1, 0.15) is 5.82 Å². The molecule has 7 nitrogen and oxygen atoms in total. The number of hydrogen-bond donors (Lipinski definition) is 1. The van der Waals surface area contributed by atoms with Crippen molar-refractivity contribution in [3.63, 3.8) is 0 Å². The lowest BCUT2D eigenvalue weighted by molar-refractivity contribution is 0.511. The predicted octanol–water partition coefficient (Wildman–Crippen LogP) is 1.29. The molecule has 3 aromatic rings. The van der Waals surface area contributed by atoms with E-state index >= 15 is 0 Å². The van der Waals surface area contributed by atoms with Gasteiger partial charge in [-0.3, -0.25) is 4.68 Å². The molecule has 2 aromatic heterocycles. The number of nitrogens with zero attached hydrogens (tertiary/aromatic N) is 4. The van der Waals surface area contributed by atoms with E-state index in [0.717, 1.165) is 12.3 Å². The van der Waals surface area contributed by atoms with Crippen LogP contribution in [0.2, 0.25) is 0 Å².